The number of thiophene rings is 1. The number of hydrazone groups is 1. The second-order valence-electron chi connectivity index (χ2n) is 5.24. The minimum Gasteiger partial charge on any atom is -0.273 e. The number of rotatable bonds is 8. The van der Waals surface area contributed by atoms with Crippen LogP contribution < -0.4 is 5.43 Å². The Balaban J connectivity index is 1.84. The molecule has 2 aromatic rings. The summed E-state index contributed by atoms with van der Waals surface area (Å²) in [7, 11) is 0. The molecule has 1 aromatic heterocycles. The molecule has 0 atom stereocenters. The number of benzene rings is 1. The van der Waals surface area contributed by atoms with Crippen LogP contribution in [0.3, 0.4) is 0 Å². The normalized spacial score (nSPS) is 11.4. The summed E-state index contributed by atoms with van der Waals surface area (Å²) in [5.74, 6) is -0.0107. The average molecular weight is 381 g/mol. The van der Waals surface area contributed by atoms with Gasteiger partial charge in [0.05, 0.1) is 10.0 Å². The maximum atomic E-state index is 11.7. The van der Waals surface area contributed by atoms with Gasteiger partial charge < -0.3 is 0 Å². The number of hydrogen-bond acceptors (Lipinski definition) is 3. The van der Waals surface area contributed by atoms with Crippen molar-refractivity contribution in [2.75, 3.05) is 0 Å². The zero-order chi connectivity index (χ0) is 15.8. The van der Waals surface area contributed by atoms with Crippen LogP contribution >= 0.6 is 27.3 Å². The van der Waals surface area contributed by atoms with Gasteiger partial charge in [0, 0.05) is 22.1 Å². The van der Waals surface area contributed by atoms with E-state index in [1.807, 2.05) is 12.1 Å². The lowest BCUT2D eigenvalue weighted by molar-refractivity contribution is -0.121. The lowest BCUT2D eigenvalue weighted by atomic mass is 10.1. The molecular weight excluding hydrogens is 360 g/mol. The molecule has 22 heavy (non-hydrogen) atoms. The van der Waals surface area contributed by atoms with Crippen molar-refractivity contribution in [2.45, 2.75) is 45.4 Å². The monoisotopic (exact) mass is 380 g/mol. The third-order valence-electron chi connectivity index (χ3n) is 3.48. The molecule has 0 spiro atoms. The summed E-state index contributed by atoms with van der Waals surface area (Å²) in [5.41, 5.74) is 3.64. The van der Waals surface area contributed by atoms with Crippen LogP contribution in [0.4, 0.5) is 0 Å². The number of hydrogen-bond donors (Lipinski definition) is 1. The van der Waals surface area contributed by atoms with E-state index in [1.165, 1.54) is 24.0 Å². The van der Waals surface area contributed by atoms with Crippen LogP contribution in [0.5, 0.6) is 0 Å². The van der Waals surface area contributed by atoms with Crippen LogP contribution in [0.15, 0.2) is 33.2 Å². The lowest BCUT2D eigenvalue weighted by Gasteiger charge is -2.00. The molecule has 1 heterocycles. The first kappa shape index (κ1) is 17.2. The van der Waals surface area contributed by atoms with E-state index in [0.717, 1.165) is 27.6 Å². The second kappa shape index (κ2) is 9.06. The van der Waals surface area contributed by atoms with E-state index in [4.69, 9.17) is 0 Å². The molecule has 5 heteroatoms. The highest BCUT2D eigenvalue weighted by Crippen LogP contribution is 2.33. The first-order valence-corrected chi connectivity index (χ1v) is 9.32. The summed E-state index contributed by atoms with van der Waals surface area (Å²) < 4.78 is 2.24. The van der Waals surface area contributed by atoms with Gasteiger partial charge in [0.1, 0.15) is 0 Å². The average Bonchev–Trinajstić information content (AvgIpc) is 2.83. The maximum absolute atomic E-state index is 11.7. The molecule has 2 rings (SSSR count). The first-order chi connectivity index (χ1) is 10.7. The fourth-order valence-electron chi connectivity index (χ4n) is 2.27. The van der Waals surface area contributed by atoms with Crippen molar-refractivity contribution in [1.29, 1.82) is 0 Å². The Morgan fingerprint density at radius 3 is 2.86 bits per heavy atom. The van der Waals surface area contributed by atoms with Crippen molar-refractivity contribution in [1.82, 2.24) is 5.43 Å². The first-order valence-electron chi connectivity index (χ1n) is 7.71. The third kappa shape index (κ3) is 4.92. The predicted octanol–water partition coefficient (Wildman–Crippen LogP) is 5.47. The highest BCUT2D eigenvalue weighted by molar-refractivity contribution is 9.11. The Bertz CT molecular complexity index is 651. The number of halogens is 1. The zero-order valence-corrected chi connectivity index (χ0v) is 15.2. The van der Waals surface area contributed by atoms with Crippen molar-refractivity contribution >= 4 is 49.5 Å². The van der Waals surface area contributed by atoms with Crippen molar-refractivity contribution in [3.63, 3.8) is 0 Å². The molecule has 0 fully saturated rings. The van der Waals surface area contributed by atoms with Gasteiger partial charge in [-0.3, -0.25) is 4.79 Å². The van der Waals surface area contributed by atoms with Gasteiger partial charge in [0.2, 0.25) is 5.91 Å². The SMILES string of the molecule is CCCCCCCC(=O)N/N=C/c1c(Br)sc2ccccc12. The Hall–Kier alpha value is -1.20. The summed E-state index contributed by atoms with van der Waals surface area (Å²) in [6.45, 7) is 2.19. The minimum atomic E-state index is -0.0107. The molecule has 1 N–H and O–H groups in total. The van der Waals surface area contributed by atoms with Crippen molar-refractivity contribution in [3.8, 4) is 0 Å². The van der Waals surface area contributed by atoms with Crippen LogP contribution in [0.25, 0.3) is 10.1 Å². The van der Waals surface area contributed by atoms with E-state index in [2.05, 4.69) is 45.5 Å². The molecule has 0 saturated carbocycles. The van der Waals surface area contributed by atoms with Crippen molar-refractivity contribution in [3.05, 3.63) is 33.6 Å². The van der Waals surface area contributed by atoms with Gasteiger partial charge in [-0.2, -0.15) is 5.10 Å². The molecule has 1 aromatic carbocycles. The van der Waals surface area contributed by atoms with E-state index in [9.17, 15) is 4.79 Å². The molecule has 0 bridgehead atoms. The van der Waals surface area contributed by atoms with Crippen LogP contribution in [-0.4, -0.2) is 12.1 Å². The quantitative estimate of drug-likeness (QED) is 0.367. The van der Waals surface area contributed by atoms with Crippen LogP contribution in [0.2, 0.25) is 0 Å². The summed E-state index contributed by atoms with van der Waals surface area (Å²) in [4.78, 5) is 11.7. The fourth-order valence-corrected chi connectivity index (χ4v) is 4.01. The summed E-state index contributed by atoms with van der Waals surface area (Å²) in [6, 6.07) is 8.17. The molecular formula is C17H21BrN2OS. The number of unbranched alkanes of at least 4 members (excludes halogenated alkanes) is 4. The summed E-state index contributed by atoms with van der Waals surface area (Å²) in [6.07, 6.45) is 8.00. The topological polar surface area (TPSA) is 41.5 Å². The summed E-state index contributed by atoms with van der Waals surface area (Å²) >= 11 is 5.23. The van der Waals surface area contributed by atoms with Gasteiger partial charge in [-0.25, -0.2) is 5.43 Å². The molecule has 0 unspecified atom stereocenters. The number of carbonyl (C=O) groups is 1. The Labute approximate surface area is 143 Å². The van der Waals surface area contributed by atoms with Gasteiger partial charge in [0.15, 0.2) is 0 Å². The maximum Gasteiger partial charge on any atom is 0.240 e. The van der Waals surface area contributed by atoms with E-state index in [1.54, 1.807) is 17.6 Å². The molecule has 0 aliphatic carbocycles. The highest BCUT2D eigenvalue weighted by atomic mass is 79.9. The summed E-state index contributed by atoms with van der Waals surface area (Å²) in [5, 5.41) is 5.24. The third-order valence-corrected chi connectivity index (χ3v) is 5.37. The highest BCUT2D eigenvalue weighted by Gasteiger charge is 2.07. The number of fused-ring (bicyclic) bond motifs is 1. The minimum absolute atomic E-state index is 0.0107. The van der Waals surface area contributed by atoms with Crippen LogP contribution in [0.1, 0.15) is 51.0 Å². The standard InChI is InChI=1S/C17H21BrN2OS/c1-2-3-4-5-6-11-16(21)20-19-12-14-13-9-7-8-10-15(13)22-17(14)18/h7-10,12H,2-6,11H2,1H3,(H,20,21)/b19-12+. The largest absolute Gasteiger partial charge is 0.273 e. The van der Waals surface area contributed by atoms with Gasteiger partial charge >= 0.3 is 0 Å². The Kier molecular flexibility index (Phi) is 7.06. The van der Waals surface area contributed by atoms with Gasteiger partial charge in [-0.05, 0) is 28.4 Å². The molecule has 0 aliphatic heterocycles. The van der Waals surface area contributed by atoms with Gasteiger partial charge in [-0.1, -0.05) is 50.8 Å². The smallest absolute Gasteiger partial charge is 0.240 e. The van der Waals surface area contributed by atoms with E-state index >= 15 is 0 Å². The van der Waals surface area contributed by atoms with E-state index in [-0.39, 0.29) is 5.91 Å². The second-order valence-corrected chi connectivity index (χ2v) is 7.61. The molecule has 118 valence electrons. The Morgan fingerprint density at radius 2 is 2.05 bits per heavy atom. The van der Waals surface area contributed by atoms with E-state index < -0.39 is 0 Å². The van der Waals surface area contributed by atoms with Crippen molar-refractivity contribution in [2.24, 2.45) is 5.10 Å². The van der Waals surface area contributed by atoms with Crippen LogP contribution in [0, 0.1) is 0 Å². The molecule has 0 saturated heterocycles. The molecule has 0 radical (unpaired) electrons. The lowest BCUT2D eigenvalue weighted by Crippen LogP contribution is -2.16. The van der Waals surface area contributed by atoms with Gasteiger partial charge in [-0.15, -0.1) is 11.3 Å². The number of nitrogens with zero attached hydrogens (tertiary/aromatic N) is 1. The molecule has 1 amide bonds. The van der Waals surface area contributed by atoms with Crippen LogP contribution in [-0.2, 0) is 4.79 Å². The Morgan fingerprint density at radius 1 is 1.27 bits per heavy atom. The zero-order valence-electron chi connectivity index (χ0n) is 12.8. The number of carbonyl (C=O) groups excluding carboxylic acids is 1. The number of amides is 1. The van der Waals surface area contributed by atoms with Gasteiger partial charge in [0.25, 0.3) is 0 Å². The molecule has 3 nitrogen and oxygen atoms in total. The predicted molar refractivity (Wildman–Crippen MR) is 98.6 cm³/mol. The number of nitrogens with one attached hydrogen (secondary N) is 1. The molecule has 0 aliphatic rings. The van der Waals surface area contributed by atoms with E-state index in [0.29, 0.717) is 6.42 Å². The fraction of sp³-hybridized carbons (Fsp3) is 0.412. The van der Waals surface area contributed by atoms with Crippen molar-refractivity contribution < 1.29 is 4.79 Å².